The number of likely N-dealkylation sites (tertiary alicyclic amines) is 1. The van der Waals surface area contributed by atoms with E-state index in [0.717, 1.165) is 51.6 Å². The van der Waals surface area contributed by atoms with E-state index in [1.165, 1.54) is 0 Å². The van der Waals surface area contributed by atoms with Crippen LogP contribution in [-0.4, -0.2) is 50.8 Å². The Hall–Kier alpha value is -3.62. The lowest BCUT2D eigenvalue weighted by atomic mass is 9.91. The molecule has 1 aliphatic heterocycles. The van der Waals surface area contributed by atoms with Crippen LogP contribution in [0.2, 0.25) is 0 Å². The van der Waals surface area contributed by atoms with Gasteiger partial charge in [-0.2, -0.15) is 0 Å². The van der Waals surface area contributed by atoms with Crippen molar-refractivity contribution in [2.45, 2.75) is 50.6 Å². The van der Waals surface area contributed by atoms with Crippen molar-refractivity contribution < 1.29 is 18.7 Å². The number of hydrogen-bond donors (Lipinski definition) is 1. The van der Waals surface area contributed by atoms with Gasteiger partial charge in [-0.05, 0) is 56.7 Å². The van der Waals surface area contributed by atoms with Gasteiger partial charge in [0.2, 0.25) is 0 Å². The van der Waals surface area contributed by atoms with Crippen LogP contribution in [-0.2, 0) is 0 Å². The average molecular weight is 450 g/mol. The molecule has 1 saturated heterocycles. The zero-order valence-corrected chi connectivity index (χ0v) is 18.4. The Labute approximate surface area is 191 Å². The molecule has 2 fully saturated rings. The normalized spacial score (nSPS) is 20.5. The second-order valence-electron chi connectivity index (χ2n) is 8.60. The van der Waals surface area contributed by atoms with Crippen LogP contribution in [0.15, 0.2) is 53.1 Å². The fourth-order valence-electron chi connectivity index (χ4n) is 4.48. The van der Waals surface area contributed by atoms with Gasteiger partial charge in [0.15, 0.2) is 11.5 Å². The number of para-hydroxylation sites is 1. The van der Waals surface area contributed by atoms with Crippen molar-refractivity contribution in [2.24, 2.45) is 0 Å². The zero-order chi connectivity index (χ0) is 22.6. The number of ether oxygens (including phenoxy) is 1. The molecule has 0 bridgehead atoms. The topological polar surface area (TPSA) is 102 Å². The number of benzene rings is 1. The Morgan fingerprint density at radius 3 is 2.52 bits per heavy atom. The van der Waals surface area contributed by atoms with Crippen LogP contribution in [0.3, 0.4) is 0 Å². The second kappa shape index (κ2) is 9.48. The van der Waals surface area contributed by atoms with Crippen LogP contribution >= 0.6 is 0 Å². The highest BCUT2D eigenvalue weighted by Gasteiger charge is 2.27. The van der Waals surface area contributed by atoms with Gasteiger partial charge in [0.05, 0.1) is 12.2 Å². The van der Waals surface area contributed by atoms with Crippen molar-refractivity contribution in [3.8, 4) is 11.7 Å². The predicted molar refractivity (Wildman–Crippen MR) is 119 cm³/mol. The van der Waals surface area contributed by atoms with Crippen LogP contribution in [0.1, 0.15) is 65.6 Å². The van der Waals surface area contributed by atoms with Crippen LogP contribution in [0, 0.1) is 0 Å². The van der Waals surface area contributed by atoms with E-state index in [2.05, 4.69) is 15.6 Å². The molecular formula is C24H27N5O4. The first-order chi connectivity index (χ1) is 16.2. The molecule has 0 atom stereocenters. The molecule has 2 aromatic heterocycles. The Balaban J connectivity index is 1.11. The van der Waals surface area contributed by atoms with E-state index < -0.39 is 0 Å². The van der Waals surface area contributed by atoms with E-state index in [1.807, 2.05) is 35.2 Å². The molecule has 1 saturated carbocycles. The van der Waals surface area contributed by atoms with Crippen molar-refractivity contribution in [3.05, 3.63) is 60.1 Å². The largest absolute Gasteiger partial charge is 0.426 e. The summed E-state index contributed by atoms with van der Waals surface area (Å²) in [4.78, 5) is 26.9. The minimum absolute atomic E-state index is 0.0336. The SMILES string of the molecule is O=C(NC1CCC(n2cc(C(=O)N3CCCC3)nn2)CC1)c1ccc(Oc2ccccc2)o1. The van der Waals surface area contributed by atoms with Crippen molar-refractivity contribution in [3.63, 3.8) is 0 Å². The lowest BCUT2D eigenvalue weighted by Crippen LogP contribution is -2.37. The summed E-state index contributed by atoms with van der Waals surface area (Å²) in [7, 11) is 0. The van der Waals surface area contributed by atoms with Gasteiger partial charge < -0.3 is 19.4 Å². The first-order valence-electron chi connectivity index (χ1n) is 11.5. The van der Waals surface area contributed by atoms with Gasteiger partial charge in [0, 0.05) is 25.2 Å². The van der Waals surface area contributed by atoms with Crippen molar-refractivity contribution in [1.29, 1.82) is 0 Å². The summed E-state index contributed by atoms with van der Waals surface area (Å²) in [5.74, 6) is 0.870. The number of nitrogens with zero attached hydrogens (tertiary/aromatic N) is 4. The predicted octanol–water partition coefficient (Wildman–Crippen LogP) is 3.81. The van der Waals surface area contributed by atoms with Crippen molar-refractivity contribution >= 4 is 11.8 Å². The highest BCUT2D eigenvalue weighted by Crippen LogP contribution is 2.29. The summed E-state index contributed by atoms with van der Waals surface area (Å²) >= 11 is 0. The van der Waals surface area contributed by atoms with E-state index in [-0.39, 0.29) is 35.6 Å². The molecule has 3 aromatic rings. The molecule has 9 heteroatoms. The summed E-state index contributed by atoms with van der Waals surface area (Å²) < 4.78 is 13.0. The third kappa shape index (κ3) is 4.92. The monoisotopic (exact) mass is 449 g/mol. The zero-order valence-electron chi connectivity index (χ0n) is 18.4. The maximum absolute atomic E-state index is 12.6. The number of carbonyl (C=O) groups is 2. The van der Waals surface area contributed by atoms with Gasteiger partial charge in [-0.25, -0.2) is 4.68 Å². The Kier molecular flexibility index (Phi) is 6.10. The molecule has 1 N–H and O–H groups in total. The van der Waals surface area contributed by atoms with Gasteiger partial charge in [0.25, 0.3) is 17.8 Å². The molecule has 2 amide bonds. The number of amides is 2. The molecule has 33 heavy (non-hydrogen) atoms. The third-order valence-corrected chi connectivity index (χ3v) is 6.30. The lowest BCUT2D eigenvalue weighted by Gasteiger charge is -2.28. The average Bonchev–Trinajstić information content (AvgIpc) is 3.62. The standard InChI is InChI=1S/C24H27N5O4/c30-23(21-12-13-22(33-21)32-19-6-2-1-3-7-19)25-17-8-10-18(11-9-17)29-16-20(26-27-29)24(31)28-14-4-5-15-28/h1-3,6-7,12-13,16-18H,4-5,8-11,14-15H2,(H,25,30). The lowest BCUT2D eigenvalue weighted by molar-refractivity contribution is 0.0786. The molecule has 0 radical (unpaired) electrons. The van der Waals surface area contributed by atoms with Gasteiger partial charge in [0.1, 0.15) is 5.75 Å². The Morgan fingerprint density at radius 1 is 1.00 bits per heavy atom. The van der Waals surface area contributed by atoms with Gasteiger partial charge >= 0.3 is 0 Å². The quantitative estimate of drug-likeness (QED) is 0.614. The van der Waals surface area contributed by atoms with E-state index in [9.17, 15) is 9.59 Å². The van der Waals surface area contributed by atoms with Crippen LogP contribution in [0.25, 0.3) is 0 Å². The van der Waals surface area contributed by atoms with E-state index >= 15 is 0 Å². The van der Waals surface area contributed by atoms with Gasteiger partial charge in [-0.1, -0.05) is 23.4 Å². The molecule has 3 heterocycles. The van der Waals surface area contributed by atoms with Crippen LogP contribution in [0.5, 0.6) is 11.7 Å². The van der Waals surface area contributed by atoms with Gasteiger partial charge in [-0.15, -0.1) is 5.10 Å². The first kappa shape index (κ1) is 21.2. The summed E-state index contributed by atoms with van der Waals surface area (Å²) in [5.41, 5.74) is 0.415. The van der Waals surface area contributed by atoms with E-state index in [1.54, 1.807) is 23.0 Å². The minimum atomic E-state index is -0.249. The summed E-state index contributed by atoms with van der Waals surface area (Å²) in [6, 6.07) is 12.8. The molecule has 1 aliphatic carbocycles. The van der Waals surface area contributed by atoms with Gasteiger partial charge in [-0.3, -0.25) is 9.59 Å². The molecule has 2 aliphatic rings. The number of aromatic nitrogens is 3. The minimum Gasteiger partial charge on any atom is -0.426 e. The molecule has 9 nitrogen and oxygen atoms in total. The number of hydrogen-bond acceptors (Lipinski definition) is 6. The maximum atomic E-state index is 12.6. The number of nitrogens with one attached hydrogen (secondary N) is 1. The van der Waals surface area contributed by atoms with Crippen LogP contribution in [0.4, 0.5) is 0 Å². The van der Waals surface area contributed by atoms with Crippen molar-refractivity contribution in [2.75, 3.05) is 13.1 Å². The Morgan fingerprint density at radius 2 is 1.76 bits per heavy atom. The van der Waals surface area contributed by atoms with E-state index in [0.29, 0.717) is 11.4 Å². The molecule has 5 rings (SSSR count). The maximum Gasteiger partial charge on any atom is 0.290 e. The Bertz CT molecular complexity index is 1100. The number of carbonyl (C=O) groups excluding carboxylic acids is 2. The molecule has 172 valence electrons. The number of furan rings is 1. The molecule has 1 aromatic carbocycles. The van der Waals surface area contributed by atoms with E-state index in [4.69, 9.17) is 9.15 Å². The smallest absolute Gasteiger partial charge is 0.290 e. The fraction of sp³-hybridized carbons (Fsp3) is 0.417. The second-order valence-corrected chi connectivity index (χ2v) is 8.60. The summed E-state index contributed by atoms with van der Waals surface area (Å²) in [6.07, 6.45) is 7.21. The third-order valence-electron chi connectivity index (χ3n) is 6.30. The van der Waals surface area contributed by atoms with Crippen LogP contribution < -0.4 is 10.1 Å². The van der Waals surface area contributed by atoms with Crippen molar-refractivity contribution in [1.82, 2.24) is 25.2 Å². The number of rotatable bonds is 6. The first-order valence-corrected chi connectivity index (χ1v) is 11.5. The molecular weight excluding hydrogens is 422 g/mol. The summed E-state index contributed by atoms with van der Waals surface area (Å²) in [5, 5.41) is 11.4. The molecule has 0 spiro atoms. The molecule has 0 unspecified atom stereocenters. The fourth-order valence-corrected chi connectivity index (χ4v) is 4.48. The highest BCUT2D eigenvalue weighted by atomic mass is 16.6. The summed E-state index contributed by atoms with van der Waals surface area (Å²) in [6.45, 7) is 1.60. The highest BCUT2D eigenvalue weighted by molar-refractivity contribution is 5.92.